The number of carbonyl (C=O) groups excluding carboxylic acids is 1. The van der Waals surface area contributed by atoms with E-state index >= 15 is 0 Å². The number of benzene rings is 2. The van der Waals surface area contributed by atoms with E-state index in [0.717, 1.165) is 35.2 Å². The van der Waals surface area contributed by atoms with Crippen LogP contribution < -0.4 is 5.43 Å². The van der Waals surface area contributed by atoms with Crippen molar-refractivity contribution in [2.45, 2.75) is 77.9 Å². The van der Waals surface area contributed by atoms with Gasteiger partial charge in [0.25, 0.3) is 0 Å². The minimum absolute atomic E-state index is 0.00382. The Morgan fingerprint density at radius 1 is 1.00 bits per heavy atom. The van der Waals surface area contributed by atoms with E-state index in [1.807, 2.05) is 18.2 Å². The van der Waals surface area contributed by atoms with Crippen molar-refractivity contribution in [1.82, 2.24) is 10.4 Å². The first-order valence-corrected chi connectivity index (χ1v) is 11.3. The lowest BCUT2D eigenvalue weighted by Gasteiger charge is -2.31. The maximum absolute atomic E-state index is 14.2. The van der Waals surface area contributed by atoms with E-state index in [-0.39, 0.29) is 18.0 Å². The van der Waals surface area contributed by atoms with Crippen LogP contribution in [0.3, 0.4) is 0 Å². The number of unbranched alkanes of at least 4 members (excludes halogenated alkanes) is 5. The van der Waals surface area contributed by atoms with Crippen molar-refractivity contribution in [1.29, 1.82) is 0 Å². The highest BCUT2D eigenvalue weighted by Gasteiger charge is 2.51. The molecule has 170 valence electrons. The number of hydrazine groups is 1. The van der Waals surface area contributed by atoms with Gasteiger partial charge < -0.3 is 0 Å². The molecule has 1 fully saturated rings. The van der Waals surface area contributed by atoms with Crippen LogP contribution >= 0.6 is 0 Å². The summed E-state index contributed by atoms with van der Waals surface area (Å²) in [4.78, 5) is 12.2. The molecule has 6 heteroatoms. The van der Waals surface area contributed by atoms with Gasteiger partial charge in [0.05, 0.1) is 5.41 Å². The van der Waals surface area contributed by atoms with E-state index in [2.05, 4.69) is 12.3 Å². The Kier molecular flexibility index (Phi) is 7.30. The number of halogens is 3. The van der Waals surface area contributed by atoms with Gasteiger partial charge in [0.15, 0.2) is 6.04 Å². The Labute approximate surface area is 183 Å². The van der Waals surface area contributed by atoms with Gasteiger partial charge in [0.2, 0.25) is 5.91 Å². The molecule has 1 atom stereocenters. The molecule has 3 rings (SSSR count). The van der Waals surface area contributed by atoms with Gasteiger partial charge in [0.1, 0.15) is 0 Å². The number of fused-ring (bicyclic) bond motifs is 1. The molecule has 0 saturated carbocycles. The maximum Gasteiger partial charge on any atom is 0.409 e. The van der Waals surface area contributed by atoms with Crippen molar-refractivity contribution in [3.63, 3.8) is 0 Å². The highest BCUT2D eigenvalue weighted by molar-refractivity contribution is 5.89. The topological polar surface area (TPSA) is 32.3 Å². The number of aryl methyl sites for hydroxylation is 1. The second-order valence-electron chi connectivity index (χ2n) is 9.27. The van der Waals surface area contributed by atoms with Crippen molar-refractivity contribution < 1.29 is 18.0 Å². The molecule has 1 aliphatic rings. The second kappa shape index (κ2) is 9.60. The summed E-state index contributed by atoms with van der Waals surface area (Å²) >= 11 is 0. The summed E-state index contributed by atoms with van der Waals surface area (Å²) in [6, 6.07) is 8.88. The van der Waals surface area contributed by atoms with E-state index in [1.165, 1.54) is 25.7 Å². The smallest absolute Gasteiger partial charge is 0.287 e. The van der Waals surface area contributed by atoms with Crippen LogP contribution in [-0.2, 0) is 11.2 Å². The number of carbonyl (C=O) groups is 1. The van der Waals surface area contributed by atoms with Crippen LogP contribution in [0.25, 0.3) is 10.8 Å². The first-order valence-electron chi connectivity index (χ1n) is 11.3. The van der Waals surface area contributed by atoms with Crippen LogP contribution in [0.1, 0.15) is 76.5 Å². The SMILES string of the molecule is CCCCCCCCc1ccc(C(N2CC(C)(C)C(=O)N2)C(F)(F)F)c2ccccc12. The van der Waals surface area contributed by atoms with Gasteiger partial charge in [-0.25, -0.2) is 5.01 Å². The average Bonchev–Trinajstić information content (AvgIpc) is 2.96. The number of rotatable bonds is 9. The molecule has 0 aliphatic carbocycles. The molecular weight excluding hydrogens is 401 g/mol. The van der Waals surface area contributed by atoms with E-state index in [1.54, 1.807) is 32.0 Å². The lowest BCUT2D eigenvalue weighted by molar-refractivity contribution is -0.191. The highest BCUT2D eigenvalue weighted by Crippen LogP contribution is 2.43. The largest absolute Gasteiger partial charge is 0.409 e. The number of hydrogen-bond acceptors (Lipinski definition) is 2. The minimum atomic E-state index is -4.52. The van der Waals surface area contributed by atoms with Gasteiger partial charge in [-0.05, 0) is 48.6 Å². The number of alkyl halides is 3. The van der Waals surface area contributed by atoms with Gasteiger partial charge in [-0.2, -0.15) is 13.2 Å². The van der Waals surface area contributed by atoms with Crippen LogP contribution in [0.2, 0.25) is 0 Å². The van der Waals surface area contributed by atoms with E-state index in [0.29, 0.717) is 5.39 Å². The zero-order valence-corrected chi connectivity index (χ0v) is 18.7. The average molecular weight is 435 g/mol. The number of amides is 1. The maximum atomic E-state index is 14.2. The predicted molar refractivity (Wildman–Crippen MR) is 118 cm³/mol. The van der Waals surface area contributed by atoms with E-state index in [4.69, 9.17) is 0 Å². The van der Waals surface area contributed by atoms with Gasteiger partial charge in [-0.3, -0.25) is 10.2 Å². The molecule has 2 aromatic carbocycles. The molecule has 0 spiro atoms. The Morgan fingerprint density at radius 3 is 2.26 bits per heavy atom. The third-order valence-corrected chi connectivity index (χ3v) is 6.19. The monoisotopic (exact) mass is 434 g/mol. The fraction of sp³-hybridized carbons (Fsp3) is 0.560. The van der Waals surface area contributed by atoms with E-state index < -0.39 is 17.6 Å². The molecule has 2 aromatic rings. The van der Waals surface area contributed by atoms with Crippen molar-refractivity contribution >= 4 is 16.7 Å². The van der Waals surface area contributed by atoms with Gasteiger partial charge >= 0.3 is 6.18 Å². The number of nitrogens with one attached hydrogen (secondary N) is 1. The first-order chi connectivity index (χ1) is 14.6. The third-order valence-electron chi connectivity index (χ3n) is 6.19. The fourth-order valence-corrected chi connectivity index (χ4v) is 4.43. The predicted octanol–water partition coefficient (Wildman–Crippen LogP) is 6.72. The lowest BCUT2D eigenvalue weighted by Crippen LogP contribution is -2.43. The summed E-state index contributed by atoms with van der Waals surface area (Å²) in [5.41, 5.74) is 2.87. The molecule has 1 amide bonds. The summed E-state index contributed by atoms with van der Waals surface area (Å²) in [5, 5.41) is 2.53. The summed E-state index contributed by atoms with van der Waals surface area (Å²) in [6.07, 6.45) is 3.41. The van der Waals surface area contributed by atoms with Crippen LogP contribution in [0.4, 0.5) is 13.2 Å². The molecule has 0 bridgehead atoms. The fourth-order valence-electron chi connectivity index (χ4n) is 4.43. The molecule has 1 saturated heterocycles. The Balaban J connectivity index is 1.90. The number of hydrogen-bond donors (Lipinski definition) is 1. The molecule has 3 nitrogen and oxygen atoms in total. The normalized spacial score (nSPS) is 17.8. The van der Waals surface area contributed by atoms with Crippen LogP contribution in [-0.4, -0.2) is 23.6 Å². The third kappa shape index (κ3) is 5.40. The Morgan fingerprint density at radius 2 is 1.65 bits per heavy atom. The molecule has 0 aromatic heterocycles. The van der Waals surface area contributed by atoms with Gasteiger partial charge in [-0.1, -0.05) is 75.4 Å². The molecule has 1 N–H and O–H groups in total. The number of nitrogens with zero attached hydrogens (tertiary/aromatic N) is 1. The zero-order chi connectivity index (χ0) is 22.6. The summed E-state index contributed by atoms with van der Waals surface area (Å²) < 4.78 is 42.7. The lowest BCUT2D eigenvalue weighted by atomic mass is 9.91. The summed E-state index contributed by atoms with van der Waals surface area (Å²) in [7, 11) is 0. The molecular formula is C25H33F3N2O. The summed E-state index contributed by atoms with van der Waals surface area (Å²) in [5.74, 6) is -0.384. The molecule has 0 radical (unpaired) electrons. The minimum Gasteiger partial charge on any atom is -0.287 e. The van der Waals surface area contributed by atoms with Crippen LogP contribution in [0.15, 0.2) is 36.4 Å². The van der Waals surface area contributed by atoms with Crippen molar-refractivity contribution in [3.8, 4) is 0 Å². The van der Waals surface area contributed by atoms with E-state index in [9.17, 15) is 18.0 Å². The molecule has 1 aliphatic heterocycles. The second-order valence-corrected chi connectivity index (χ2v) is 9.27. The van der Waals surface area contributed by atoms with Crippen LogP contribution in [0, 0.1) is 5.41 Å². The van der Waals surface area contributed by atoms with Crippen molar-refractivity contribution in [3.05, 3.63) is 47.5 Å². The molecule has 1 heterocycles. The standard InChI is InChI=1S/C25H33F3N2O/c1-4-5-6-7-8-9-12-18-15-16-21(20-14-11-10-13-19(18)20)22(25(26,27)28)30-17-24(2,3)23(31)29-30/h10-11,13-16,22H,4-9,12,17H2,1-3H3,(H,29,31). The van der Waals surface area contributed by atoms with Crippen molar-refractivity contribution in [2.24, 2.45) is 5.41 Å². The zero-order valence-electron chi connectivity index (χ0n) is 18.7. The summed E-state index contributed by atoms with van der Waals surface area (Å²) in [6.45, 7) is 5.52. The highest BCUT2D eigenvalue weighted by atomic mass is 19.4. The van der Waals surface area contributed by atoms with Crippen LogP contribution in [0.5, 0.6) is 0 Å². The van der Waals surface area contributed by atoms with Gasteiger partial charge in [-0.15, -0.1) is 0 Å². The van der Waals surface area contributed by atoms with Gasteiger partial charge in [0, 0.05) is 6.54 Å². The Hall–Kier alpha value is -2.08. The quantitative estimate of drug-likeness (QED) is 0.444. The first kappa shape index (κ1) is 23.6. The molecule has 1 unspecified atom stereocenters. The Bertz CT molecular complexity index is 907. The van der Waals surface area contributed by atoms with Crippen molar-refractivity contribution in [2.75, 3.05) is 6.54 Å². The molecule has 31 heavy (non-hydrogen) atoms.